The Morgan fingerprint density at radius 2 is 1.89 bits per heavy atom. The first-order valence-electron chi connectivity index (χ1n) is 7.22. The van der Waals surface area contributed by atoms with E-state index in [1.54, 1.807) is 7.11 Å². The van der Waals surface area contributed by atoms with Gasteiger partial charge in [0.1, 0.15) is 5.75 Å². The first kappa shape index (κ1) is 15.8. The highest BCUT2D eigenvalue weighted by Crippen LogP contribution is 2.26. The summed E-state index contributed by atoms with van der Waals surface area (Å²) in [6.45, 7) is 6.57. The second-order valence-corrected chi connectivity index (χ2v) is 5.26. The van der Waals surface area contributed by atoms with Crippen molar-refractivity contribution < 1.29 is 4.74 Å². The molecule has 3 heteroatoms. The van der Waals surface area contributed by atoms with Gasteiger partial charge in [-0.05, 0) is 31.5 Å². The lowest BCUT2D eigenvalue weighted by Gasteiger charge is -2.21. The third-order valence-electron chi connectivity index (χ3n) is 3.22. The fourth-order valence-corrected chi connectivity index (χ4v) is 2.11. The number of ether oxygens (including phenoxy) is 1. The molecule has 0 aliphatic carbocycles. The van der Waals surface area contributed by atoms with Crippen LogP contribution in [-0.2, 0) is 0 Å². The number of hydrogen-bond acceptors (Lipinski definition) is 3. The minimum Gasteiger partial charge on any atom is -0.495 e. The lowest BCUT2D eigenvalue weighted by atomic mass is 10.2. The molecule has 19 heavy (non-hydrogen) atoms. The van der Waals surface area contributed by atoms with E-state index in [-0.39, 0.29) is 0 Å². The molecular weight excluding hydrogens is 236 g/mol. The van der Waals surface area contributed by atoms with E-state index in [1.807, 2.05) is 12.1 Å². The maximum atomic E-state index is 5.39. The van der Waals surface area contributed by atoms with Gasteiger partial charge in [-0.1, -0.05) is 32.4 Å². The molecule has 1 rings (SSSR count). The highest BCUT2D eigenvalue weighted by Gasteiger charge is 2.06. The Kier molecular flexibility index (Phi) is 7.34. The molecule has 1 aromatic carbocycles. The van der Waals surface area contributed by atoms with Crippen LogP contribution in [-0.4, -0.2) is 33.3 Å². The van der Waals surface area contributed by atoms with Crippen molar-refractivity contribution in [3.63, 3.8) is 0 Å². The number of methoxy groups -OCH3 is 1. The topological polar surface area (TPSA) is 24.5 Å². The van der Waals surface area contributed by atoms with Gasteiger partial charge in [0.15, 0.2) is 0 Å². The number of para-hydroxylation sites is 2. The fraction of sp³-hybridized carbons (Fsp3) is 0.625. The normalized spacial score (nSPS) is 10.8. The van der Waals surface area contributed by atoms with Crippen LogP contribution in [0.25, 0.3) is 0 Å². The van der Waals surface area contributed by atoms with Crippen LogP contribution in [0, 0.1) is 0 Å². The van der Waals surface area contributed by atoms with Gasteiger partial charge in [-0.25, -0.2) is 0 Å². The average molecular weight is 264 g/mol. The molecule has 0 bridgehead atoms. The Balaban J connectivity index is 2.25. The maximum absolute atomic E-state index is 5.39. The summed E-state index contributed by atoms with van der Waals surface area (Å²) in [5, 5.41) is 3.45. The third-order valence-corrected chi connectivity index (χ3v) is 3.22. The summed E-state index contributed by atoms with van der Waals surface area (Å²) in [7, 11) is 3.86. The van der Waals surface area contributed by atoms with Crippen molar-refractivity contribution >= 4 is 5.69 Å². The summed E-state index contributed by atoms with van der Waals surface area (Å²) in [5.74, 6) is 0.950. The summed E-state index contributed by atoms with van der Waals surface area (Å²) in [5.41, 5.74) is 1.17. The number of rotatable bonds is 9. The predicted octanol–water partition coefficient (Wildman–Crippen LogP) is 3.30. The molecule has 1 aromatic rings. The van der Waals surface area contributed by atoms with Gasteiger partial charge in [0.05, 0.1) is 12.8 Å². The van der Waals surface area contributed by atoms with Crippen molar-refractivity contribution in [2.24, 2.45) is 0 Å². The maximum Gasteiger partial charge on any atom is 0.142 e. The lowest BCUT2D eigenvalue weighted by molar-refractivity contribution is 0.414. The van der Waals surface area contributed by atoms with Crippen molar-refractivity contribution in [2.75, 3.05) is 32.1 Å². The summed E-state index contributed by atoms with van der Waals surface area (Å²) in [6, 6.07) is 8.78. The molecule has 0 heterocycles. The van der Waals surface area contributed by atoms with Crippen molar-refractivity contribution in [1.82, 2.24) is 5.32 Å². The second-order valence-electron chi connectivity index (χ2n) is 5.26. The van der Waals surface area contributed by atoms with Gasteiger partial charge in [0.25, 0.3) is 0 Å². The highest BCUT2D eigenvalue weighted by molar-refractivity contribution is 5.57. The molecule has 1 N–H and O–H groups in total. The Morgan fingerprint density at radius 1 is 1.16 bits per heavy atom. The molecule has 0 atom stereocenters. The zero-order valence-electron chi connectivity index (χ0n) is 12.8. The van der Waals surface area contributed by atoms with E-state index >= 15 is 0 Å². The van der Waals surface area contributed by atoms with Crippen molar-refractivity contribution in [3.8, 4) is 5.75 Å². The zero-order valence-corrected chi connectivity index (χ0v) is 12.8. The standard InChI is InChI=1S/C16H28N2O/c1-14(2)17-12-8-5-9-13-18(3)15-10-6-7-11-16(15)19-4/h6-7,10-11,14,17H,5,8-9,12-13H2,1-4H3. The molecule has 0 spiro atoms. The van der Waals surface area contributed by atoms with Crippen LogP contribution in [0.3, 0.4) is 0 Å². The van der Waals surface area contributed by atoms with Gasteiger partial charge in [0.2, 0.25) is 0 Å². The first-order valence-corrected chi connectivity index (χ1v) is 7.22. The minimum atomic E-state index is 0.594. The molecule has 0 saturated carbocycles. The molecule has 0 unspecified atom stereocenters. The molecule has 0 fully saturated rings. The molecule has 108 valence electrons. The van der Waals surface area contributed by atoms with Gasteiger partial charge in [-0.3, -0.25) is 0 Å². The van der Waals surface area contributed by atoms with Crippen LogP contribution < -0.4 is 15.0 Å². The van der Waals surface area contributed by atoms with Crippen molar-refractivity contribution in [1.29, 1.82) is 0 Å². The Hall–Kier alpha value is -1.22. The Morgan fingerprint density at radius 3 is 2.58 bits per heavy atom. The van der Waals surface area contributed by atoms with Crippen molar-refractivity contribution in [2.45, 2.75) is 39.2 Å². The number of benzene rings is 1. The van der Waals surface area contributed by atoms with Crippen LogP contribution in [0.15, 0.2) is 24.3 Å². The van der Waals surface area contributed by atoms with E-state index in [0.29, 0.717) is 6.04 Å². The number of nitrogens with one attached hydrogen (secondary N) is 1. The molecule has 0 saturated heterocycles. The summed E-state index contributed by atoms with van der Waals surface area (Å²) >= 11 is 0. The predicted molar refractivity (Wildman–Crippen MR) is 83.3 cm³/mol. The number of unbranched alkanes of at least 4 members (excludes halogenated alkanes) is 2. The highest BCUT2D eigenvalue weighted by atomic mass is 16.5. The van der Waals surface area contributed by atoms with Crippen LogP contribution in [0.4, 0.5) is 5.69 Å². The SMILES string of the molecule is COc1ccccc1N(C)CCCCCNC(C)C. The molecular formula is C16H28N2O. The quantitative estimate of drug-likeness (QED) is 0.693. The first-order chi connectivity index (χ1) is 9.15. The zero-order chi connectivity index (χ0) is 14.1. The van der Waals surface area contributed by atoms with Crippen LogP contribution in [0.2, 0.25) is 0 Å². The van der Waals surface area contributed by atoms with Crippen molar-refractivity contribution in [3.05, 3.63) is 24.3 Å². The average Bonchev–Trinajstić information content (AvgIpc) is 2.42. The smallest absolute Gasteiger partial charge is 0.142 e. The van der Waals surface area contributed by atoms with Gasteiger partial charge < -0.3 is 15.0 Å². The molecule has 0 aromatic heterocycles. The van der Waals surface area contributed by atoms with E-state index in [0.717, 1.165) is 18.8 Å². The molecule has 3 nitrogen and oxygen atoms in total. The van der Waals surface area contributed by atoms with E-state index in [1.165, 1.54) is 24.9 Å². The molecule has 0 radical (unpaired) electrons. The Labute approximate surface area is 118 Å². The van der Waals surface area contributed by atoms with E-state index in [9.17, 15) is 0 Å². The van der Waals surface area contributed by atoms with Gasteiger partial charge in [0, 0.05) is 19.6 Å². The van der Waals surface area contributed by atoms with Crippen LogP contribution in [0.5, 0.6) is 5.75 Å². The minimum absolute atomic E-state index is 0.594. The fourth-order valence-electron chi connectivity index (χ4n) is 2.11. The number of anilines is 1. The van der Waals surface area contributed by atoms with E-state index in [4.69, 9.17) is 4.74 Å². The summed E-state index contributed by atoms with van der Waals surface area (Å²) in [6.07, 6.45) is 3.73. The van der Waals surface area contributed by atoms with Gasteiger partial charge in [-0.2, -0.15) is 0 Å². The van der Waals surface area contributed by atoms with E-state index < -0.39 is 0 Å². The third kappa shape index (κ3) is 5.97. The van der Waals surface area contributed by atoms with Gasteiger partial charge in [-0.15, -0.1) is 0 Å². The van der Waals surface area contributed by atoms with Gasteiger partial charge >= 0.3 is 0 Å². The van der Waals surface area contributed by atoms with Crippen LogP contribution >= 0.6 is 0 Å². The van der Waals surface area contributed by atoms with Crippen LogP contribution in [0.1, 0.15) is 33.1 Å². The number of hydrogen-bond donors (Lipinski definition) is 1. The number of nitrogens with zero attached hydrogens (tertiary/aromatic N) is 1. The molecule has 0 amide bonds. The summed E-state index contributed by atoms with van der Waals surface area (Å²) < 4.78 is 5.39. The summed E-state index contributed by atoms with van der Waals surface area (Å²) in [4.78, 5) is 2.27. The molecule has 0 aliphatic heterocycles. The largest absolute Gasteiger partial charge is 0.495 e. The van der Waals surface area contributed by atoms with E-state index in [2.05, 4.69) is 43.2 Å². The second kappa shape index (κ2) is 8.81. The lowest BCUT2D eigenvalue weighted by Crippen LogP contribution is -2.24. The Bertz CT molecular complexity index is 352. The monoisotopic (exact) mass is 264 g/mol. The molecule has 0 aliphatic rings.